The van der Waals surface area contributed by atoms with Gasteiger partial charge in [0.15, 0.2) is 11.6 Å². The molecule has 0 saturated carbocycles. The van der Waals surface area contributed by atoms with E-state index in [9.17, 15) is 8.78 Å². The molecule has 0 radical (unpaired) electrons. The third-order valence-electron chi connectivity index (χ3n) is 2.56. The number of aliphatic hydroxyl groups excluding tert-OH is 1. The Bertz CT molecular complexity index is 331. The van der Waals surface area contributed by atoms with Gasteiger partial charge in [0.25, 0.3) is 0 Å². The summed E-state index contributed by atoms with van der Waals surface area (Å²) in [6.07, 6.45) is 0.658. The van der Waals surface area contributed by atoms with Crippen molar-refractivity contribution in [3.05, 3.63) is 35.4 Å². The fourth-order valence-electron chi connectivity index (χ4n) is 1.55. The van der Waals surface area contributed by atoms with E-state index in [0.717, 1.165) is 24.7 Å². The Hall–Kier alpha value is -1.00. The van der Waals surface area contributed by atoms with Crippen LogP contribution in [0.15, 0.2) is 18.2 Å². The zero-order valence-corrected chi connectivity index (χ0v) is 9.42. The van der Waals surface area contributed by atoms with Gasteiger partial charge in [0.1, 0.15) is 0 Å². The lowest BCUT2D eigenvalue weighted by Crippen LogP contribution is -2.28. The fourth-order valence-corrected chi connectivity index (χ4v) is 1.55. The van der Waals surface area contributed by atoms with Crippen LogP contribution >= 0.6 is 0 Å². The highest BCUT2D eigenvalue weighted by atomic mass is 19.2. The van der Waals surface area contributed by atoms with E-state index in [1.54, 1.807) is 6.07 Å². The molecule has 1 aromatic carbocycles. The normalized spacial score (nSPS) is 11.1. The summed E-state index contributed by atoms with van der Waals surface area (Å²) in [4.78, 5) is 2.06. The Morgan fingerprint density at radius 3 is 2.50 bits per heavy atom. The summed E-state index contributed by atoms with van der Waals surface area (Å²) in [5, 5.41) is 8.79. The van der Waals surface area contributed by atoms with Gasteiger partial charge >= 0.3 is 0 Å². The van der Waals surface area contributed by atoms with Gasteiger partial charge in [-0.2, -0.15) is 0 Å². The van der Waals surface area contributed by atoms with Crippen molar-refractivity contribution < 1.29 is 13.9 Å². The topological polar surface area (TPSA) is 23.5 Å². The van der Waals surface area contributed by atoms with Crippen molar-refractivity contribution in [1.82, 2.24) is 4.90 Å². The largest absolute Gasteiger partial charge is 0.395 e. The fraction of sp³-hybridized carbons (Fsp3) is 0.500. The molecule has 2 nitrogen and oxygen atoms in total. The Kier molecular flexibility index (Phi) is 5.35. The molecule has 0 spiro atoms. The number of nitrogens with zero attached hydrogens (tertiary/aromatic N) is 1. The highest BCUT2D eigenvalue weighted by Crippen LogP contribution is 2.09. The van der Waals surface area contributed by atoms with Crippen LogP contribution in [0.25, 0.3) is 0 Å². The summed E-state index contributed by atoms with van der Waals surface area (Å²) in [5.41, 5.74) is 0.773. The van der Waals surface area contributed by atoms with Crippen LogP contribution in [-0.4, -0.2) is 36.2 Å². The highest BCUT2D eigenvalue weighted by Gasteiger charge is 2.05. The number of hydrogen-bond donors (Lipinski definition) is 1. The average Bonchev–Trinajstić information content (AvgIpc) is 2.28. The van der Waals surface area contributed by atoms with Crippen molar-refractivity contribution in [2.24, 2.45) is 0 Å². The first-order chi connectivity index (χ1) is 7.67. The molecule has 16 heavy (non-hydrogen) atoms. The van der Waals surface area contributed by atoms with Crippen LogP contribution in [0.5, 0.6) is 0 Å². The molecule has 4 heteroatoms. The molecule has 0 atom stereocenters. The van der Waals surface area contributed by atoms with Crippen molar-refractivity contribution in [3.63, 3.8) is 0 Å². The highest BCUT2D eigenvalue weighted by molar-refractivity contribution is 5.18. The zero-order chi connectivity index (χ0) is 12.0. The summed E-state index contributed by atoms with van der Waals surface area (Å²) in [6.45, 7) is 4.30. The maximum Gasteiger partial charge on any atom is 0.159 e. The van der Waals surface area contributed by atoms with Crippen LogP contribution in [0.4, 0.5) is 8.78 Å². The lowest BCUT2D eigenvalue weighted by atomic mass is 10.1. The van der Waals surface area contributed by atoms with Gasteiger partial charge in [-0.05, 0) is 30.7 Å². The number of hydrogen-bond acceptors (Lipinski definition) is 2. The number of halogens is 2. The lowest BCUT2D eigenvalue weighted by molar-refractivity contribution is 0.203. The molecule has 90 valence electrons. The molecule has 0 fully saturated rings. The molecule has 0 unspecified atom stereocenters. The first kappa shape index (κ1) is 13.1. The number of benzene rings is 1. The van der Waals surface area contributed by atoms with Crippen molar-refractivity contribution in [2.45, 2.75) is 13.3 Å². The van der Waals surface area contributed by atoms with Crippen molar-refractivity contribution in [3.8, 4) is 0 Å². The molecule has 0 saturated heterocycles. The Morgan fingerprint density at radius 1 is 1.19 bits per heavy atom. The van der Waals surface area contributed by atoms with Gasteiger partial charge in [0, 0.05) is 13.1 Å². The Morgan fingerprint density at radius 2 is 1.94 bits per heavy atom. The molecule has 0 bridgehead atoms. The first-order valence-electron chi connectivity index (χ1n) is 5.44. The Labute approximate surface area is 94.5 Å². The molecule has 1 rings (SSSR count). The molecule has 0 aliphatic heterocycles. The molecule has 0 heterocycles. The SMILES string of the molecule is CCN(CCO)CCc1ccc(F)c(F)c1. The second-order valence-corrected chi connectivity index (χ2v) is 3.66. The minimum absolute atomic E-state index is 0.117. The monoisotopic (exact) mass is 229 g/mol. The predicted octanol–water partition coefficient (Wildman–Crippen LogP) is 1.82. The van der Waals surface area contributed by atoms with E-state index in [0.29, 0.717) is 13.0 Å². The van der Waals surface area contributed by atoms with E-state index < -0.39 is 11.6 Å². The molecule has 1 aromatic rings. The van der Waals surface area contributed by atoms with Gasteiger partial charge in [0.05, 0.1) is 6.61 Å². The summed E-state index contributed by atoms with van der Waals surface area (Å²) in [6, 6.07) is 3.96. The van der Waals surface area contributed by atoms with Crippen LogP contribution in [0.2, 0.25) is 0 Å². The van der Waals surface area contributed by atoms with E-state index in [4.69, 9.17) is 5.11 Å². The summed E-state index contributed by atoms with van der Waals surface area (Å²) in [7, 11) is 0. The lowest BCUT2D eigenvalue weighted by Gasteiger charge is -2.18. The number of likely N-dealkylation sites (N-methyl/N-ethyl adjacent to an activating group) is 1. The predicted molar refractivity (Wildman–Crippen MR) is 59.3 cm³/mol. The van der Waals surface area contributed by atoms with Gasteiger partial charge in [-0.1, -0.05) is 13.0 Å². The molecule has 0 amide bonds. The van der Waals surface area contributed by atoms with Gasteiger partial charge < -0.3 is 10.0 Å². The van der Waals surface area contributed by atoms with Crippen molar-refractivity contribution >= 4 is 0 Å². The third kappa shape index (κ3) is 3.87. The van der Waals surface area contributed by atoms with Crippen LogP contribution in [0, 0.1) is 11.6 Å². The molecule has 0 aliphatic rings. The summed E-state index contributed by atoms with van der Waals surface area (Å²) >= 11 is 0. The maximum absolute atomic E-state index is 12.9. The van der Waals surface area contributed by atoms with E-state index >= 15 is 0 Å². The van der Waals surface area contributed by atoms with E-state index in [1.807, 2.05) is 6.92 Å². The molecular weight excluding hydrogens is 212 g/mol. The molecule has 0 aliphatic carbocycles. The van der Waals surface area contributed by atoms with Crippen LogP contribution in [0.1, 0.15) is 12.5 Å². The van der Waals surface area contributed by atoms with E-state index in [-0.39, 0.29) is 6.61 Å². The van der Waals surface area contributed by atoms with Crippen LogP contribution < -0.4 is 0 Å². The molecular formula is C12H17F2NO. The van der Waals surface area contributed by atoms with Gasteiger partial charge in [-0.3, -0.25) is 0 Å². The van der Waals surface area contributed by atoms with Gasteiger partial charge in [-0.25, -0.2) is 8.78 Å². The molecule has 0 aromatic heterocycles. The minimum atomic E-state index is -0.813. The van der Waals surface area contributed by atoms with Crippen LogP contribution in [0.3, 0.4) is 0 Å². The summed E-state index contributed by atoms with van der Waals surface area (Å²) < 4.78 is 25.6. The number of rotatable bonds is 6. The average molecular weight is 229 g/mol. The standard InChI is InChI=1S/C12H17F2NO/c1-2-15(7-8-16)6-5-10-3-4-11(13)12(14)9-10/h3-4,9,16H,2,5-8H2,1H3. The van der Waals surface area contributed by atoms with Crippen molar-refractivity contribution in [2.75, 3.05) is 26.2 Å². The second kappa shape index (κ2) is 6.55. The second-order valence-electron chi connectivity index (χ2n) is 3.66. The quantitative estimate of drug-likeness (QED) is 0.804. The maximum atomic E-state index is 12.9. The Balaban J connectivity index is 2.50. The zero-order valence-electron chi connectivity index (χ0n) is 9.42. The third-order valence-corrected chi connectivity index (χ3v) is 2.56. The van der Waals surface area contributed by atoms with Crippen molar-refractivity contribution in [1.29, 1.82) is 0 Å². The first-order valence-corrected chi connectivity index (χ1v) is 5.44. The summed E-state index contributed by atoms with van der Waals surface area (Å²) in [5.74, 6) is -1.62. The van der Waals surface area contributed by atoms with Gasteiger partial charge in [0.2, 0.25) is 0 Å². The molecule has 1 N–H and O–H groups in total. The van der Waals surface area contributed by atoms with Crippen LogP contribution in [-0.2, 0) is 6.42 Å². The number of aliphatic hydroxyl groups is 1. The minimum Gasteiger partial charge on any atom is -0.395 e. The van der Waals surface area contributed by atoms with Gasteiger partial charge in [-0.15, -0.1) is 0 Å². The van der Waals surface area contributed by atoms with E-state index in [2.05, 4.69) is 4.90 Å². The van der Waals surface area contributed by atoms with E-state index in [1.165, 1.54) is 6.07 Å². The smallest absolute Gasteiger partial charge is 0.159 e.